The van der Waals surface area contributed by atoms with Crippen molar-refractivity contribution in [2.75, 3.05) is 13.1 Å². The van der Waals surface area contributed by atoms with Crippen LogP contribution >= 0.6 is 0 Å². The SMILES string of the molecule is N#Cc1c[nH]c(C(=O)N[C@@H]2CCCN(Cc3cccnc3)C2)c1. The normalized spacial score (nSPS) is 18.3. The zero-order valence-electron chi connectivity index (χ0n) is 12.8. The summed E-state index contributed by atoms with van der Waals surface area (Å²) in [5.41, 5.74) is 2.09. The lowest BCUT2D eigenvalue weighted by Gasteiger charge is -2.33. The summed E-state index contributed by atoms with van der Waals surface area (Å²) >= 11 is 0. The van der Waals surface area contributed by atoms with Crippen LogP contribution in [0.3, 0.4) is 0 Å². The summed E-state index contributed by atoms with van der Waals surface area (Å²) in [5, 5.41) is 11.9. The molecule has 0 aromatic carbocycles. The van der Waals surface area contributed by atoms with E-state index in [9.17, 15) is 4.79 Å². The molecule has 2 aromatic heterocycles. The molecule has 118 valence electrons. The molecule has 0 unspecified atom stereocenters. The van der Waals surface area contributed by atoms with Gasteiger partial charge in [0.15, 0.2) is 0 Å². The molecule has 1 atom stereocenters. The minimum absolute atomic E-state index is 0.127. The number of rotatable bonds is 4. The number of nitrogens with one attached hydrogen (secondary N) is 2. The molecule has 2 aromatic rings. The number of likely N-dealkylation sites (tertiary alicyclic amines) is 1. The minimum atomic E-state index is -0.153. The van der Waals surface area contributed by atoms with Gasteiger partial charge in [-0.1, -0.05) is 6.07 Å². The summed E-state index contributed by atoms with van der Waals surface area (Å²) in [5.74, 6) is -0.153. The van der Waals surface area contributed by atoms with Gasteiger partial charge in [0, 0.05) is 37.7 Å². The van der Waals surface area contributed by atoms with Crippen LogP contribution in [0.2, 0.25) is 0 Å². The van der Waals surface area contributed by atoms with E-state index in [1.807, 2.05) is 18.3 Å². The van der Waals surface area contributed by atoms with E-state index in [1.54, 1.807) is 18.5 Å². The van der Waals surface area contributed by atoms with E-state index in [-0.39, 0.29) is 11.9 Å². The van der Waals surface area contributed by atoms with E-state index in [4.69, 9.17) is 5.26 Å². The third-order valence-electron chi connectivity index (χ3n) is 4.03. The molecule has 0 aliphatic carbocycles. The number of aromatic amines is 1. The van der Waals surface area contributed by atoms with Crippen LogP contribution in [0.5, 0.6) is 0 Å². The topological polar surface area (TPSA) is 84.8 Å². The van der Waals surface area contributed by atoms with Crippen LogP contribution in [-0.4, -0.2) is 39.9 Å². The Kier molecular flexibility index (Phi) is 4.69. The highest BCUT2D eigenvalue weighted by Crippen LogP contribution is 2.14. The lowest BCUT2D eigenvalue weighted by molar-refractivity contribution is 0.0896. The van der Waals surface area contributed by atoms with Crippen LogP contribution in [0.4, 0.5) is 0 Å². The second kappa shape index (κ2) is 7.07. The van der Waals surface area contributed by atoms with E-state index >= 15 is 0 Å². The van der Waals surface area contributed by atoms with Gasteiger partial charge in [0.1, 0.15) is 11.8 Å². The Morgan fingerprint density at radius 3 is 3.22 bits per heavy atom. The van der Waals surface area contributed by atoms with Crippen molar-refractivity contribution >= 4 is 5.91 Å². The number of piperidine rings is 1. The Labute approximate surface area is 135 Å². The van der Waals surface area contributed by atoms with E-state index < -0.39 is 0 Å². The number of pyridine rings is 1. The van der Waals surface area contributed by atoms with Gasteiger partial charge in [-0.15, -0.1) is 0 Å². The number of carbonyl (C=O) groups excluding carboxylic acids is 1. The molecule has 2 N–H and O–H groups in total. The Bertz CT molecular complexity index is 703. The molecular weight excluding hydrogens is 290 g/mol. The fraction of sp³-hybridized carbons (Fsp3) is 0.353. The maximum absolute atomic E-state index is 12.2. The summed E-state index contributed by atoms with van der Waals surface area (Å²) in [6.45, 7) is 2.70. The van der Waals surface area contributed by atoms with Gasteiger partial charge in [0.2, 0.25) is 0 Å². The molecule has 3 heterocycles. The second-order valence-electron chi connectivity index (χ2n) is 5.82. The first-order chi connectivity index (χ1) is 11.2. The lowest BCUT2D eigenvalue weighted by atomic mass is 10.0. The van der Waals surface area contributed by atoms with Gasteiger partial charge >= 0.3 is 0 Å². The zero-order chi connectivity index (χ0) is 16.1. The van der Waals surface area contributed by atoms with Crippen LogP contribution in [-0.2, 0) is 6.54 Å². The largest absolute Gasteiger partial charge is 0.356 e. The summed E-state index contributed by atoms with van der Waals surface area (Å²) in [7, 11) is 0. The van der Waals surface area contributed by atoms with Crippen LogP contribution < -0.4 is 5.32 Å². The number of hydrogen-bond acceptors (Lipinski definition) is 4. The summed E-state index contributed by atoms with van der Waals surface area (Å²) in [6, 6.07) is 7.72. The van der Waals surface area contributed by atoms with Gasteiger partial charge in [0.05, 0.1) is 5.56 Å². The highest BCUT2D eigenvalue weighted by atomic mass is 16.1. The van der Waals surface area contributed by atoms with Crippen LogP contribution in [0.25, 0.3) is 0 Å². The van der Waals surface area contributed by atoms with Crippen molar-refractivity contribution < 1.29 is 4.79 Å². The zero-order valence-corrected chi connectivity index (χ0v) is 12.8. The van der Waals surface area contributed by atoms with Crippen molar-refractivity contribution in [3.8, 4) is 6.07 Å². The van der Waals surface area contributed by atoms with Crippen molar-refractivity contribution in [3.63, 3.8) is 0 Å². The van der Waals surface area contributed by atoms with Gasteiger partial charge < -0.3 is 10.3 Å². The molecule has 1 fully saturated rings. The molecule has 0 spiro atoms. The van der Waals surface area contributed by atoms with Gasteiger partial charge in [-0.2, -0.15) is 5.26 Å². The molecular formula is C17H19N5O. The van der Waals surface area contributed by atoms with Gasteiger partial charge in [-0.25, -0.2) is 0 Å². The molecule has 1 amide bonds. The predicted octanol–water partition coefficient (Wildman–Crippen LogP) is 1.68. The summed E-state index contributed by atoms with van der Waals surface area (Å²) in [4.78, 5) is 21.5. The molecule has 6 heteroatoms. The molecule has 23 heavy (non-hydrogen) atoms. The highest BCUT2D eigenvalue weighted by molar-refractivity contribution is 5.93. The monoisotopic (exact) mass is 309 g/mol. The molecule has 1 saturated heterocycles. The molecule has 0 radical (unpaired) electrons. The van der Waals surface area contributed by atoms with Crippen LogP contribution in [0.1, 0.15) is 34.5 Å². The first-order valence-corrected chi connectivity index (χ1v) is 7.75. The molecule has 3 rings (SSSR count). The minimum Gasteiger partial charge on any atom is -0.356 e. The van der Waals surface area contributed by atoms with E-state index in [1.165, 1.54) is 5.56 Å². The first-order valence-electron chi connectivity index (χ1n) is 7.75. The Hall–Kier alpha value is -2.65. The molecule has 0 bridgehead atoms. The van der Waals surface area contributed by atoms with Crippen molar-refractivity contribution in [2.45, 2.75) is 25.4 Å². The number of nitriles is 1. The molecule has 1 aliphatic rings. The molecule has 6 nitrogen and oxygen atoms in total. The van der Waals surface area contributed by atoms with Crippen molar-refractivity contribution in [1.82, 2.24) is 20.2 Å². The lowest BCUT2D eigenvalue weighted by Crippen LogP contribution is -2.47. The van der Waals surface area contributed by atoms with Crippen LogP contribution in [0, 0.1) is 11.3 Å². The number of hydrogen-bond donors (Lipinski definition) is 2. The second-order valence-corrected chi connectivity index (χ2v) is 5.82. The number of H-pyrrole nitrogens is 1. The number of aromatic nitrogens is 2. The third kappa shape index (κ3) is 3.96. The Morgan fingerprint density at radius 2 is 2.48 bits per heavy atom. The smallest absolute Gasteiger partial charge is 0.267 e. The summed E-state index contributed by atoms with van der Waals surface area (Å²) < 4.78 is 0. The maximum atomic E-state index is 12.2. The fourth-order valence-corrected chi connectivity index (χ4v) is 2.92. The first kappa shape index (κ1) is 15.3. The molecule has 0 saturated carbocycles. The van der Waals surface area contributed by atoms with Crippen molar-refractivity contribution in [2.24, 2.45) is 0 Å². The van der Waals surface area contributed by atoms with Crippen molar-refractivity contribution in [3.05, 3.63) is 53.6 Å². The van der Waals surface area contributed by atoms with Gasteiger partial charge in [-0.3, -0.25) is 14.7 Å². The van der Waals surface area contributed by atoms with Gasteiger partial charge in [-0.05, 0) is 37.1 Å². The number of nitrogens with zero attached hydrogens (tertiary/aromatic N) is 3. The quantitative estimate of drug-likeness (QED) is 0.900. The molecule has 1 aliphatic heterocycles. The number of carbonyl (C=O) groups is 1. The average Bonchev–Trinajstić information content (AvgIpc) is 3.05. The average molecular weight is 309 g/mol. The highest BCUT2D eigenvalue weighted by Gasteiger charge is 2.22. The number of amides is 1. The van der Waals surface area contributed by atoms with E-state index in [2.05, 4.69) is 26.3 Å². The van der Waals surface area contributed by atoms with Crippen molar-refractivity contribution in [1.29, 1.82) is 5.26 Å². The van der Waals surface area contributed by atoms with Crippen LogP contribution in [0.15, 0.2) is 36.8 Å². The standard InChI is InChI=1S/C17H19N5O/c18-8-14-7-16(20-10-14)17(23)21-15-4-2-6-22(12-15)11-13-3-1-5-19-9-13/h1,3,5,7,9-10,15,20H,2,4,6,11-12H2,(H,21,23)/t15-/m1/s1. The van der Waals surface area contributed by atoms with E-state index in [0.29, 0.717) is 11.3 Å². The Balaban J connectivity index is 1.56. The van der Waals surface area contributed by atoms with E-state index in [0.717, 1.165) is 32.5 Å². The summed E-state index contributed by atoms with van der Waals surface area (Å²) in [6.07, 6.45) is 7.23. The predicted molar refractivity (Wildman–Crippen MR) is 85.5 cm³/mol. The fourth-order valence-electron chi connectivity index (χ4n) is 2.92. The third-order valence-corrected chi connectivity index (χ3v) is 4.03. The van der Waals surface area contributed by atoms with Gasteiger partial charge in [0.25, 0.3) is 5.91 Å². The maximum Gasteiger partial charge on any atom is 0.267 e. The Morgan fingerprint density at radius 1 is 1.57 bits per heavy atom.